The van der Waals surface area contributed by atoms with Crippen molar-refractivity contribution in [3.05, 3.63) is 29.3 Å². The lowest BCUT2D eigenvalue weighted by Gasteiger charge is -2.22. The van der Waals surface area contributed by atoms with Gasteiger partial charge in [0.05, 0.1) is 7.11 Å². The molecule has 0 saturated carbocycles. The van der Waals surface area contributed by atoms with E-state index in [-0.39, 0.29) is 6.04 Å². The van der Waals surface area contributed by atoms with Crippen molar-refractivity contribution in [2.75, 3.05) is 26.7 Å². The van der Waals surface area contributed by atoms with E-state index in [2.05, 4.69) is 24.0 Å². The highest BCUT2D eigenvalue weighted by molar-refractivity contribution is 5.39. The fourth-order valence-corrected chi connectivity index (χ4v) is 2.64. The lowest BCUT2D eigenvalue weighted by atomic mass is 10.0. The van der Waals surface area contributed by atoms with Gasteiger partial charge in [-0.1, -0.05) is 19.1 Å². The summed E-state index contributed by atoms with van der Waals surface area (Å²) < 4.78 is 5.43. The summed E-state index contributed by atoms with van der Waals surface area (Å²) in [5, 5.41) is 0. The minimum Gasteiger partial charge on any atom is -0.496 e. The Kier molecular flexibility index (Phi) is 4.61. The highest BCUT2D eigenvalue weighted by atomic mass is 16.5. The molecule has 100 valence electrons. The van der Waals surface area contributed by atoms with E-state index >= 15 is 0 Å². The smallest absolute Gasteiger partial charge is 0.123 e. The van der Waals surface area contributed by atoms with Crippen LogP contribution < -0.4 is 10.5 Å². The van der Waals surface area contributed by atoms with Crippen LogP contribution in [-0.2, 0) is 6.42 Å². The highest BCUT2D eigenvalue weighted by Gasteiger charge is 2.18. The van der Waals surface area contributed by atoms with Crippen LogP contribution in [0.2, 0.25) is 0 Å². The summed E-state index contributed by atoms with van der Waals surface area (Å²) in [4.78, 5) is 2.45. The molecule has 3 nitrogen and oxygen atoms in total. The monoisotopic (exact) mass is 248 g/mol. The minimum atomic E-state index is 0.0459. The summed E-state index contributed by atoms with van der Waals surface area (Å²) in [5.74, 6) is 0.916. The van der Waals surface area contributed by atoms with E-state index in [1.54, 1.807) is 7.11 Å². The maximum Gasteiger partial charge on any atom is 0.123 e. The Labute approximate surface area is 110 Å². The van der Waals surface area contributed by atoms with Gasteiger partial charge in [0.25, 0.3) is 0 Å². The molecule has 0 bridgehead atoms. The van der Waals surface area contributed by atoms with E-state index in [1.807, 2.05) is 6.07 Å². The molecule has 1 aliphatic rings. The number of benzene rings is 1. The van der Waals surface area contributed by atoms with Gasteiger partial charge in [0.1, 0.15) is 5.75 Å². The summed E-state index contributed by atoms with van der Waals surface area (Å²) in [5.41, 5.74) is 8.82. The number of rotatable bonds is 5. The van der Waals surface area contributed by atoms with Gasteiger partial charge in [0, 0.05) is 18.2 Å². The quantitative estimate of drug-likeness (QED) is 0.869. The van der Waals surface area contributed by atoms with Crippen molar-refractivity contribution >= 4 is 0 Å². The van der Waals surface area contributed by atoms with Crippen molar-refractivity contribution < 1.29 is 4.74 Å². The second kappa shape index (κ2) is 6.21. The number of methoxy groups -OCH3 is 1. The zero-order valence-corrected chi connectivity index (χ0v) is 11.5. The van der Waals surface area contributed by atoms with E-state index < -0.39 is 0 Å². The largest absolute Gasteiger partial charge is 0.496 e. The molecule has 1 aromatic rings. The van der Waals surface area contributed by atoms with Crippen LogP contribution in [0.25, 0.3) is 0 Å². The van der Waals surface area contributed by atoms with Gasteiger partial charge >= 0.3 is 0 Å². The first-order valence-corrected chi connectivity index (χ1v) is 6.89. The molecule has 1 heterocycles. The molecule has 0 aromatic heterocycles. The molecule has 1 aromatic carbocycles. The predicted octanol–water partition coefficient (Wildman–Crippen LogP) is 2.35. The zero-order valence-electron chi connectivity index (χ0n) is 11.5. The van der Waals surface area contributed by atoms with E-state index in [4.69, 9.17) is 10.5 Å². The fraction of sp³-hybridized carbons (Fsp3) is 0.600. The van der Waals surface area contributed by atoms with Crippen LogP contribution in [0.15, 0.2) is 18.2 Å². The maximum atomic E-state index is 6.35. The number of likely N-dealkylation sites (tertiary alicyclic amines) is 1. The number of hydrogen-bond donors (Lipinski definition) is 1. The van der Waals surface area contributed by atoms with E-state index in [0.717, 1.165) is 24.3 Å². The first-order chi connectivity index (χ1) is 8.74. The van der Waals surface area contributed by atoms with Gasteiger partial charge in [0.2, 0.25) is 0 Å². The second-order valence-corrected chi connectivity index (χ2v) is 5.04. The molecule has 0 aliphatic carbocycles. The Morgan fingerprint density at radius 3 is 2.67 bits per heavy atom. The second-order valence-electron chi connectivity index (χ2n) is 5.04. The summed E-state index contributed by atoms with van der Waals surface area (Å²) in [6.07, 6.45) is 3.64. The Bertz CT molecular complexity index is 386. The number of aryl methyl sites for hydroxylation is 1. The van der Waals surface area contributed by atoms with E-state index in [1.165, 1.54) is 31.5 Å². The van der Waals surface area contributed by atoms with Crippen LogP contribution in [0.3, 0.4) is 0 Å². The molecule has 1 saturated heterocycles. The van der Waals surface area contributed by atoms with Crippen molar-refractivity contribution in [3.63, 3.8) is 0 Å². The van der Waals surface area contributed by atoms with Gasteiger partial charge in [-0.15, -0.1) is 0 Å². The number of hydrogen-bond acceptors (Lipinski definition) is 3. The molecular formula is C15H24N2O. The van der Waals surface area contributed by atoms with Gasteiger partial charge < -0.3 is 15.4 Å². The number of ether oxygens (including phenoxy) is 1. The topological polar surface area (TPSA) is 38.5 Å². The summed E-state index contributed by atoms with van der Waals surface area (Å²) in [7, 11) is 1.72. The van der Waals surface area contributed by atoms with E-state index in [0.29, 0.717) is 0 Å². The van der Waals surface area contributed by atoms with Crippen LogP contribution in [0.1, 0.15) is 36.9 Å². The summed E-state index contributed by atoms with van der Waals surface area (Å²) in [6, 6.07) is 6.40. The van der Waals surface area contributed by atoms with Crippen molar-refractivity contribution in [3.8, 4) is 5.75 Å². The van der Waals surface area contributed by atoms with Gasteiger partial charge in [-0.2, -0.15) is 0 Å². The molecule has 3 heteroatoms. The third-order valence-electron chi connectivity index (χ3n) is 3.76. The van der Waals surface area contributed by atoms with Crippen molar-refractivity contribution in [2.45, 2.75) is 32.2 Å². The Balaban J connectivity index is 2.13. The zero-order chi connectivity index (χ0) is 13.0. The molecule has 2 rings (SSSR count). The van der Waals surface area contributed by atoms with Crippen LogP contribution in [-0.4, -0.2) is 31.6 Å². The van der Waals surface area contributed by atoms with Crippen molar-refractivity contribution in [1.29, 1.82) is 0 Å². The van der Waals surface area contributed by atoms with Crippen LogP contribution >= 0.6 is 0 Å². The normalized spacial score (nSPS) is 17.9. The molecular weight excluding hydrogens is 224 g/mol. The lowest BCUT2D eigenvalue weighted by Crippen LogP contribution is -2.30. The molecule has 18 heavy (non-hydrogen) atoms. The van der Waals surface area contributed by atoms with Gasteiger partial charge in [-0.05, 0) is 44.0 Å². The summed E-state index contributed by atoms with van der Waals surface area (Å²) in [6.45, 7) is 5.47. The van der Waals surface area contributed by atoms with Crippen LogP contribution in [0.5, 0.6) is 5.75 Å². The van der Waals surface area contributed by atoms with Gasteiger partial charge in [-0.3, -0.25) is 0 Å². The Morgan fingerprint density at radius 2 is 2.06 bits per heavy atom. The molecule has 0 amide bonds. The fourth-order valence-electron chi connectivity index (χ4n) is 2.64. The third-order valence-corrected chi connectivity index (χ3v) is 3.76. The average molecular weight is 248 g/mol. The van der Waals surface area contributed by atoms with Gasteiger partial charge in [-0.25, -0.2) is 0 Å². The Morgan fingerprint density at radius 1 is 1.33 bits per heavy atom. The van der Waals surface area contributed by atoms with Gasteiger partial charge in [0.15, 0.2) is 0 Å². The third kappa shape index (κ3) is 3.03. The summed E-state index contributed by atoms with van der Waals surface area (Å²) >= 11 is 0. The molecule has 1 aliphatic heterocycles. The molecule has 0 spiro atoms. The first kappa shape index (κ1) is 13.4. The SMILES string of the molecule is CCc1ccc(OC)c(C(N)CN2CCCC2)c1. The number of nitrogens with two attached hydrogens (primary N) is 1. The van der Waals surface area contributed by atoms with Crippen molar-refractivity contribution in [1.82, 2.24) is 4.90 Å². The standard InChI is InChI=1S/C15H24N2O/c1-3-12-6-7-15(18-2)13(10-12)14(16)11-17-8-4-5-9-17/h6-7,10,14H,3-5,8-9,11,16H2,1-2H3. The predicted molar refractivity (Wildman–Crippen MR) is 75.0 cm³/mol. The van der Waals surface area contributed by atoms with Crippen molar-refractivity contribution in [2.24, 2.45) is 5.73 Å². The molecule has 1 fully saturated rings. The molecule has 2 N–H and O–H groups in total. The Hall–Kier alpha value is -1.06. The van der Waals surface area contributed by atoms with Crippen LogP contribution in [0.4, 0.5) is 0 Å². The maximum absolute atomic E-state index is 6.35. The average Bonchev–Trinajstić information content (AvgIpc) is 2.90. The lowest BCUT2D eigenvalue weighted by molar-refractivity contribution is 0.311. The highest BCUT2D eigenvalue weighted by Crippen LogP contribution is 2.26. The minimum absolute atomic E-state index is 0.0459. The number of nitrogens with zero attached hydrogens (tertiary/aromatic N) is 1. The molecule has 0 radical (unpaired) electrons. The molecule has 1 atom stereocenters. The molecule has 1 unspecified atom stereocenters. The first-order valence-electron chi connectivity index (χ1n) is 6.89. The van der Waals surface area contributed by atoms with E-state index in [9.17, 15) is 0 Å². The van der Waals surface area contributed by atoms with Crippen LogP contribution in [0, 0.1) is 0 Å².